The van der Waals surface area contributed by atoms with Gasteiger partial charge in [-0.15, -0.1) is 12.4 Å². The normalized spacial score (nSPS) is 18.3. The van der Waals surface area contributed by atoms with Crippen LogP contribution in [0.5, 0.6) is 5.75 Å². The van der Waals surface area contributed by atoms with Crippen molar-refractivity contribution in [1.29, 1.82) is 0 Å². The molecule has 2 aromatic rings. The van der Waals surface area contributed by atoms with Crippen LogP contribution in [0.15, 0.2) is 46.4 Å². The van der Waals surface area contributed by atoms with Gasteiger partial charge in [-0.2, -0.15) is 0 Å². The molecule has 2 fully saturated rings. The van der Waals surface area contributed by atoms with E-state index >= 15 is 0 Å². The summed E-state index contributed by atoms with van der Waals surface area (Å²) >= 11 is 0. The molecule has 1 aromatic heterocycles. The first-order chi connectivity index (χ1) is 14.1. The van der Waals surface area contributed by atoms with E-state index in [9.17, 15) is 14.4 Å². The highest BCUT2D eigenvalue weighted by Crippen LogP contribution is 2.26. The van der Waals surface area contributed by atoms with Crippen molar-refractivity contribution in [2.24, 2.45) is 0 Å². The van der Waals surface area contributed by atoms with Crippen LogP contribution >= 0.6 is 12.4 Å². The summed E-state index contributed by atoms with van der Waals surface area (Å²) < 4.78 is 16.2. The Morgan fingerprint density at radius 3 is 2.40 bits per heavy atom. The number of amides is 4. The quantitative estimate of drug-likeness (QED) is 0.582. The highest BCUT2D eigenvalue weighted by Gasteiger charge is 2.37. The number of urea groups is 1. The second-order valence-electron chi connectivity index (χ2n) is 6.43. The first-order valence-electron chi connectivity index (χ1n) is 9.05. The summed E-state index contributed by atoms with van der Waals surface area (Å²) in [6.45, 7) is 2.61. The van der Waals surface area contributed by atoms with E-state index in [-0.39, 0.29) is 18.0 Å². The fourth-order valence-corrected chi connectivity index (χ4v) is 3.14. The summed E-state index contributed by atoms with van der Waals surface area (Å²) in [6, 6.07) is 9.01. The van der Waals surface area contributed by atoms with Crippen molar-refractivity contribution in [2.45, 2.75) is 0 Å². The van der Waals surface area contributed by atoms with Gasteiger partial charge in [0.25, 0.3) is 11.8 Å². The van der Waals surface area contributed by atoms with Gasteiger partial charge in [-0.3, -0.25) is 14.9 Å². The van der Waals surface area contributed by atoms with Gasteiger partial charge in [0, 0.05) is 19.2 Å². The number of nitrogens with one attached hydrogen (secondary N) is 1. The average Bonchev–Trinajstić information content (AvgIpc) is 3.21. The maximum absolute atomic E-state index is 12.9. The van der Waals surface area contributed by atoms with Crippen molar-refractivity contribution >= 4 is 47.9 Å². The van der Waals surface area contributed by atoms with Crippen LogP contribution in [0.3, 0.4) is 0 Å². The number of barbiturate groups is 1. The van der Waals surface area contributed by atoms with E-state index in [2.05, 4.69) is 5.32 Å². The molecule has 1 N–H and O–H groups in total. The molecule has 10 heteroatoms. The van der Waals surface area contributed by atoms with Crippen LogP contribution in [0.25, 0.3) is 6.08 Å². The Morgan fingerprint density at radius 2 is 1.73 bits per heavy atom. The molecule has 0 bridgehead atoms. The lowest BCUT2D eigenvalue weighted by Crippen LogP contribution is -2.54. The molecule has 2 aliphatic heterocycles. The minimum atomic E-state index is -0.809. The summed E-state index contributed by atoms with van der Waals surface area (Å²) in [5.74, 6) is 0.0555. The molecule has 30 heavy (non-hydrogen) atoms. The molecule has 2 saturated heterocycles. The van der Waals surface area contributed by atoms with Crippen LogP contribution in [-0.4, -0.2) is 51.3 Å². The SMILES string of the molecule is COc1ccc(N2C(=O)NC(=O)/C(=C\c3ccc(N4CCOCC4)o3)C2=O)cc1.Cl. The number of imide groups is 2. The van der Waals surface area contributed by atoms with Crippen molar-refractivity contribution in [3.05, 3.63) is 47.7 Å². The van der Waals surface area contributed by atoms with Gasteiger partial charge < -0.3 is 18.8 Å². The number of rotatable bonds is 4. The third-order valence-corrected chi connectivity index (χ3v) is 4.65. The molecule has 158 valence electrons. The third-order valence-electron chi connectivity index (χ3n) is 4.65. The monoisotopic (exact) mass is 433 g/mol. The number of carbonyl (C=O) groups excluding carboxylic acids is 3. The summed E-state index contributed by atoms with van der Waals surface area (Å²) in [5, 5.41) is 2.19. The smallest absolute Gasteiger partial charge is 0.335 e. The Morgan fingerprint density at radius 1 is 1.03 bits per heavy atom. The van der Waals surface area contributed by atoms with Gasteiger partial charge in [0.05, 0.1) is 26.0 Å². The second kappa shape index (κ2) is 9.02. The minimum absolute atomic E-state index is 0. The number of anilines is 2. The number of hydrogen-bond acceptors (Lipinski definition) is 7. The topological polar surface area (TPSA) is 101 Å². The molecule has 1 aromatic carbocycles. The van der Waals surface area contributed by atoms with Gasteiger partial charge in [-0.05, 0) is 36.4 Å². The van der Waals surface area contributed by atoms with Gasteiger partial charge in [-0.1, -0.05) is 0 Å². The zero-order valence-corrected chi connectivity index (χ0v) is 16.9. The summed E-state index contributed by atoms with van der Waals surface area (Å²) in [7, 11) is 1.52. The first kappa shape index (κ1) is 21.4. The molecule has 9 nitrogen and oxygen atoms in total. The lowest BCUT2D eigenvalue weighted by molar-refractivity contribution is -0.122. The Labute approximate surface area is 178 Å². The van der Waals surface area contributed by atoms with E-state index in [1.165, 1.54) is 13.2 Å². The predicted molar refractivity (Wildman–Crippen MR) is 111 cm³/mol. The van der Waals surface area contributed by atoms with Crippen LogP contribution < -0.4 is 19.9 Å². The zero-order valence-electron chi connectivity index (χ0n) is 16.1. The molecular weight excluding hydrogens is 414 g/mol. The molecule has 4 amide bonds. The van der Waals surface area contributed by atoms with Gasteiger partial charge in [0.2, 0.25) is 0 Å². The number of benzene rings is 1. The predicted octanol–water partition coefficient (Wildman–Crippen LogP) is 2.21. The minimum Gasteiger partial charge on any atom is -0.497 e. The summed E-state index contributed by atoms with van der Waals surface area (Å²) in [6.07, 6.45) is 1.34. The van der Waals surface area contributed by atoms with Gasteiger partial charge in [0.1, 0.15) is 17.1 Å². The number of morpholine rings is 1. The van der Waals surface area contributed by atoms with E-state index in [0.717, 1.165) is 4.90 Å². The number of ether oxygens (including phenoxy) is 2. The van der Waals surface area contributed by atoms with Crippen molar-refractivity contribution in [1.82, 2.24) is 5.32 Å². The van der Waals surface area contributed by atoms with E-state index in [0.29, 0.717) is 49.4 Å². The van der Waals surface area contributed by atoms with Crippen molar-refractivity contribution in [3.8, 4) is 5.75 Å². The van der Waals surface area contributed by atoms with Crippen LogP contribution in [0.2, 0.25) is 0 Å². The molecule has 0 saturated carbocycles. The Hall–Kier alpha value is -3.30. The summed E-state index contributed by atoms with van der Waals surface area (Å²) in [4.78, 5) is 40.3. The molecule has 0 radical (unpaired) electrons. The van der Waals surface area contributed by atoms with Crippen LogP contribution in [-0.2, 0) is 14.3 Å². The number of methoxy groups -OCH3 is 1. The Bertz CT molecular complexity index is 979. The average molecular weight is 434 g/mol. The van der Waals surface area contributed by atoms with E-state index in [1.807, 2.05) is 4.90 Å². The Kier molecular flexibility index (Phi) is 6.43. The fourth-order valence-electron chi connectivity index (χ4n) is 3.14. The van der Waals surface area contributed by atoms with E-state index < -0.39 is 17.8 Å². The molecule has 2 aliphatic rings. The number of nitrogens with zero attached hydrogens (tertiary/aromatic N) is 2. The second-order valence-corrected chi connectivity index (χ2v) is 6.43. The highest BCUT2D eigenvalue weighted by atomic mass is 35.5. The number of carbonyl (C=O) groups is 3. The molecular formula is C20H20ClN3O6. The molecule has 0 spiro atoms. The van der Waals surface area contributed by atoms with Crippen LogP contribution in [0.4, 0.5) is 16.4 Å². The van der Waals surface area contributed by atoms with Gasteiger partial charge in [0.15, 0.2) is 5.88 Å². The molecule has 0 atom stereocenters. The summed E-state index contributed by atoms with van der Waals surface area (Å²) in [5.41, 5.74) is 0.128. The van der Waals surface area contributed by atoms with Crippen LogP contribution in [0, 0.1) is 0 Å². The number of furan rings is 1. The number of hydrogen-bond donors (Lipinski definition) is 1. The van der Waals surface area contributed by atoms with Crippen LogP contribution in [0.1, 0.15) is 5.76 Å². The fraction of sp³-hybridized carbons (Fsp3) is 0.250. The highest BCUT2D eigenvalue weighted by molar-refractivity contribution is 6.39. The van der Waals surface area contributed by atoms with Crippen molar-refractivity contribution < 1.29 is 28.3 Å². The van der Waals surface area contributed by atoms with Crippen molar-refractivity contribution in [3.63, 3.8) is 0 Å². The molecule has 0 aliphatic carbocycles. The van der Waals surface area contributed by atoms with Gasteiger partial charge >= 0.3 is 6.03 Å². The molecule has 3 heterocycles. The largest absolute Gasteiger partial charge is 0.497 e. The molecule has 0 unspecified atom stereocenters. The van der Waals surface area contributed by atoms with Gasteiger partial charge in [-0.25, -0.2) is 9.69 Å². The standard InChI is InChI=1S/C20H19N3O6.ClH/c1-27-14-4-2-13(3-5-14)23-19(25)16(18(24)21-20(23)26)12-15-6-7-17(29-15)22-8-10-28-11-9-22;/h2-7,12H,8-11H2,1H3,(H,21,24,26);1H/b16-12+;. The maximum atomic E-state index is 12.9. The third kappa shape index (κ3) is 4.17. The first-order valence-corrected chi connectivity index (χ1v) is 9.05. The van der Waals surface area contributed by atoms with E-state index in [1.54, 1.807) is 36.4 Å². The number of halogens is 1. The lowest BCUT2D eigenvalue weighted by atomic mass is 10.1. The Balaban J connectivity index is 0.00000256. The lowest BCUT2D eigenvalue weighted by Gasteiger charge is -2.26. The molecule has 4 rings (SSSR count). The maximum Gasteiger partial charge on any atom is 0.335 e. The zero-order chi connectivity index (χ0) is 20.4. The van der Waals surface area contributed by atoms with Crippen molar-refractivity contribution in [2.75, 3.05) is 43.2 Å². The van der Waals surface area contributed by atoms with E-state index in [4.69, 9.17) is 13.9 Å².